The molecule has 1 aromatic carbocycles. The minimum atomic E-state index is -4.70. The van der Waals surface area contributed by atoms with Crippen molar-refractivity contribution in [2.75, 3.05) is 0 Å². The number of fused-ring (bicyclic) bond motifs is 1. The fourth-order valence-electron chi connectivity index (χ4n) is 1.31. The monoisotopic (exact) mass is 235 g/mol. The molecule has 1 N–H and O–H groups in total. The van der Waals surface area contributed by atoms with Crippen LogP contribution in [0.25, 0.3) is 10.9 Å². The second-order valence-electron chi connectivity index (χ2n) is 2.86. The molecule has 0 radical (unpaired) electrons. The van der Waals surface area contributed by atoms with E-state index in [4.69, 9.17) is 11.6 Å². The van der Waals surface area contributed by atoms with Crippen LogP contribution in [-0.2, 0) is 0 Å². The molecule has 0 spiro atoms. The van der Waals surface area contributed by atoms with E-state index in [9.17, 15) is 13.2 Å². The molecule has 0 atom stereocenters. The summed E-state index contributed by atoms with van der Waals surface area (Å²) in [7, 11) is 0. The fourth-order valence-corrected chi connectivity index (χ4v) is 1.53. The molecule has 15 heavy (non-hydrogen) atoms. The molecule has 0 aliphatic carbocycles. The van der Waals surface area contributed by atoms with Crippen molar-refractivity contribution < 1.29 is 17.9 Å². The van der Waals surface area contributed by atoms with Crippen LogP contribution < -0.4 is 4.74 Å². The van der Waals surface area contributed by atoms with Gasteiger partial charge in [0.15, 0.2) is 0 Å². The number of halogens is 4. The second-order valence-corrected chi connectivity index (χ2v) is 3.27. The Morgan fingerprint density at radius 1 is 1.20 bits per heavy atom. The average Bonchev–Trinajstić information content (AvgIpc) is 2.57. The van der Waals surface area contributed by atoms with Gasteiger partial charge in [-0.15, -0.1) is 13.2 Å². The van der Waals surface area contributed by atoms with Gasteiger partial charge >= 0.3 is 6.36 Å². The van der Waals surface area contributed by atoms with Crippen LogP contribution in [0.2, 0.25) is 5.02 Å². The molecule has 80 valence electrons. The van der Waals surface area contributed by atoms with Gasteiger partial charge in [-0.25, -0.2) is 0 Å². The largest absolute Gasteiger partial charge is 0.573 e. The van der Waals surface area contributed by atoms with Crippen LogP contribution in [0, 0.1) is 0 Å². The molecule has 2 nitrogen and oxygen atoms in total. The third kappa shape index (κ3) is 2.02. The maximum absolute atomic E-state index is 12.0. The van der Waals surface area contributed by atoms with E-state index in [0.717, 1.165) is 0 Å². The first-order chi connectivity index (χ1) is 6.97. The zero-order valence-electron chi connectivity index (χ0n) is 7.23. The first kappa shape index (κ1) is 10.2. The van der Waals surface area contributed by atoms with Crippen molar-refractivity contribution in [1.29, 1.82) is 0 Å². The molecular weight excluding hydrogens is 231 g/mol. The summed E-state index contributed by atoms with van der Waals surface area (Å²) in [4.78, 5) is 2.73. The summed E-state index contributed by atoms with van der Waals surface area (Å²) in [5.41, 5.74) is 0.429. The standard InChI is InChI=1S/C9H5ClF3NO/c10-6-1-2-7(15-9(11,12)13)5-3-4-14-8(5)6/h1-4,14H. The number of aromatic amines is 1. The van der Waals surface area contributed by atoms with Gasteiger partial charge in [0, 0.05) is 11.6 Å². The van der Waals surface area contributed by atoms with Crippen molar-refractivity contribution in [2.45, 2.75) is 6.36 Å². The topological polar surface area (TPSA) is 25.0 Å². The lowest BCUT2D eigenvalue weighted by molar-refractivity contribution is -0.274. The van der Waals surface area contributed by atoms with E-state index in [2.05, 4.69) is 9.72 Å². The van der Waals surface area contributed by atoms with E-state index in [1.807, 2.05) is 0 Å². The van der Waals surface area contributed by atoms with Crippen LogP contribution in [0.5, 0.6) is 5.75 Å². The van der Waals surface area contributed by atoms with Crippen molar-refractivity contribution in [1.82, 2.24) is 4.98 Å². The number of nitrogens with one attached hydrogen (secondary N) is 1. The van der Waals surface area contributed by atoms with Crippen LogP contribution in [0.15, 0.2) is 24.4 Å². The summed E-state index contributed by atoms with van der Waals surface area (Å²) in [6.45, 7) is 0. The first-order valence-electron chi connectivity index (χ1n) is 3.99. The van der Waals surface area contributed by atoms with Gasteiger partial charge in [-0.05, 0) is 18.2 Å². The smallest absolute Gasteiger partial charge is 0.405 e. The minimum Gasteiger partial charge on any atom is -0.405 e. The number of H-pyrrole nitrogens is 1. The summed E-state index contributed by atoms with van der Waals surface area (Å²) in [5.74, 6) is -0.261. The maximum atomic E-state index is 12.0. The van der Waals surface area contributed by atoms with Crippen molar-refractivity contribution in [3.05, 3.63) is 29.4 Å². The van der Waals surface area contributed by atoms with Gasteiger partial charge in [-0.3, -0.25) is 0 Å². The van der Waals surface area contributed by atoms with Crippen molar-refractivity contribution >= 4 is 22.5 Å². The van der Waals surface area contributed by atoms with Crippen LogP contribution in [0.3, 0.4) is 0 Å². The highest BCUT2D eigenvalue weighted by Crippen LogP contribution is 2.33. The normalized spacial score (nSPS) is 12.0. The van der Waals surface area contributed by atoms with E-state index >= 15 is 0 Å². The Bertz CT molecular complexity index is 492. The number of benzene rings is 1. The highest BCUT2D eigenvalue weighted by atomic mass is 35.5. The number of rotatable bonds is 1. The molecule has 0 bridgehead atoms. The average molecular weight is 236 g/mol. The van der Waals surface area contributed by atoms with Gasteiger partial charge in [0.1, 0.15) is 5.75 Å². The highest BCUT2D eigenvalue weighted by molar-refractivity contribution is 6.35. The predicted octanol–water partition coefficient (Wildman–Crippen LogP) is 3.72. The van der Waals surface area contributed by atoms with E-state index in [1.165, 1.54) is 24.4 Å². The molecule has 0 fully saturated rings. The summed E-state index contributed by atoms with van der Waals surface area (Å²) in [5, 5.41) is 0.657. The van der Waals surface area contributed by atoms with Gasteiger partial charge in [0.2, 0.25) is 0 Å². The predicted molar refractivity (Wildman–Crippen MR) is 50.0 cm³/mol. The maximum Gasteiger partial charge on any atom is 0.573 e. The summed E-state index contributed by atoms with van der Waals surface area (Å²) in [6, 6.07) is 4.01. The SMILES string of the molecule is FC(F)(F)Oc1ccc(Cl)c2[nH]ccc12. The van der Waals surface area contributed by atoms with E-state index in [0.29, 0.717) is 15.9 Å². The Morgan fingerprint density at radius 2 is 1.93 bits per heavy atom. The number of hydrogen-bond donors (Lipinski definition) is 1. The Morgan fingerprint density at radius 3 is 2.60 bits per heavy atom. The second kappa shape index (κ2) is 3.34. The fraction of sp³-hybridized carbons (Fsp3) is 0.111. The lowest BCUT2D eigenvalue weighted by Crippen LogP contribution is -2.17. The highest BCUT2D eigenvalue weighted by Gasteiger charge is 2.32. The van der Waals surface area contributed by atoms with Crippen LogP contribution in [0.4, 0.5) is 13.2 Å². The van der Waals surface area contributed by atoms with E-state index in [1.54, 1.807) is 0 Å². The quantitative estimate of drug-likeness (QED) is 0.801. The molecule has 2 rings (SSSR count). The lowest BCUT2D eigenvalue weighted by Gasteiger charge is -2.09. The lowest BCUT2D eigenvalue weighted by atomic mass is 10.2. The number of ether oxygens (including phenoxy) is 1. The summed E-state index contributed by atoms with van der Waals surface area (Å²) < 4.78 is 39.9. The molecule has 0 saturated carbocycles. The van der Waals surface area contributed by atoms with Gasteiger partial charge < -0.3 is 9.72 Å². The van der Waals surface area contributed by atoms with Gasteiger partial charge in [-0.1, -0.05) is 11.6 Å². The third-order valence-electron chi connectivity index (χ3n) is 1.86. The van der Waals surface area contributed by atoms with Gasteiger partial charge in [-0.2, -0.15) is 0 Å². The zero-order valence-corrected chi connectivity index (χ0v) is 7.99. The van der Waals surface area contributed by atoms with Crippen LogP contribution in [-0.4, -0.2) is 11.3 Å². The van der Waals surface area contributed by atoms with Crippen molar-refractivity contribution in [3.63, 3.8) is 0 Å². The molecule has 0 unspecified atom stereocenters. The van der Waals surface area contributed by atoms with Crippen molar-refractivity contribution in [3.8, 4) is 5.75 Å². The molecule has 0 aliphatic heterocycles. The number of alkyl halides is 3. The zero-order chi connectivity index (χ0) is 11.1. The minimum absolute atomic E-state index is 0.261. The summed E-state index contributed by atoms with van der Waals surface area (Å²) >= 11 is 5.77. The first-order valence-corrected chi connectivity index (χ1v) is 4.36. The van der Waals surface area contributed by atoms with Crippen LogP contribution in [0.1, 0.15) is 0 Å². The molecule has 1 aromatic heterocycles. The molecule has 2 aromatic rings. The molecule has 0 aliphatic rings. The van der Waals surface area contributed by atoms with Crippen LogP contribution >= 0.6 is 11.6 Å². The van der Waals surface area contributed by atoms with E-state index in [-0.39, 0.29) is 5.75 Å². The molecule has 1 heterocycles. The van der Waals surface area contributed by atoms with E-state index < -0.39 is 6.36 Å². The van der Waals surface area contributed by atoms with Gasteiger partial charge in [0.25, 0.3) is 0 Å². The Balaban J connectivity index is 2.53. The molecule has 6 heteroatoms. The number of hydrogen-bond acceptors (Lipinski definition) is 1. The number of aromatic nitrogens is 1. The van der Waals surface area contributed by atoms with Gasteiger partial charge in [0.05, 0.1) is 10.5 Å². The third-order valence-corrected chi connectivity index (χ3v) is 2.17. The molecular formula is C9H5ClF3NO. The Labute approximate surface area is 87.6 Å². The Kier molecular flexibility index (Phi) is 2.26. The molecule has 0 saturated heterocycles. The Hall–Kier alpha value is -1.36. The van der Waals surface area contributed by atoms with Crippen molar-refractivity contribution in [2.24, 2.45) is 0 Å². The molecule has 0 amide bonds. The summed E-state index contributed by atoms with van der Waals surface area (Å²) in [6.07, 6.45) is -3.20.